The molecule has 0 aliphatic rings. The van der Waals surface area contributed by atoms with Crippen molar-refractivity contribution in [1.82, 2.24) is 5.32 Å². The highest BCUT2D eigenvalue weighted by Gasteiger charge is 2.05. The monoisotopic (exact) mass is 264 g/mol. The van der Waals surface area contributed by atoms with Crippen molar-refractivity contribution in [3.05, 3.63) is 24.3 Å². The Morgan fingerprint density at radius 1 is 1.32 bits per heavy atom. The fourth-order valence-corrected chi connectivity index (χ4v) is 1.56. The molecule has 0 bridgehead atoms. The molecule has 0 aliphatic carbocycles. The molecule has 4 heteroatoms. The van der Waals surface area contributed by atoms with Crippen LogP contribution in [0, 0.1) is 0 Å². The zero-order valence-corrected chi connectivity index (χ0v) is 12.2. The molecule has 2 N–H and O–H groups in total. The first kappa shape index (κ1) is 15.3. The molecule has 4 nitrogen and oxygen atoms in total. The van der Waals surface area contributed by atoms with E-state index in [0.717, 1.165) is 17.9 Å². The zero-order chi connectivity index (χ0) is 14.3. The van der Waals surface area contributed by atoms with Gasteiger partial charge in [-0.25, -0.2) is 0 Å². The van der Waals surface area contributed by atoms with Gasteiger partial charge >= 0.3 is 0 Å². The maximum absolute atomic E-state index is 11.6. The number of hydrogen-bond acceptors (Lipinski definition) is 3. The number of ether oxygens (including phenoxy) is 1. The van der Waals surface area contributed by atoms with E-state index in [0.29, 0.717) is 0 Å². The van der Waals surface area contributed by atoms with E-state index < -0.39 is 0 Å². The summed E-state index contributed by atoms with van der Waals surface area (Å²) in [5, 5.41) is 6.01. The highest BCUT2D eigenvalue weighted by molar-refractivity contribution is 5.81. The normalized spacial score (nSPS) is 12.1. The Bertz CT molecular complexity index is 405. The summed E-state index contributed by atoms with van der Waals surface area (Å²) >= 11 is 0. The van der Waals surface area contributed by atoms with Crippen LogP contribution in [0.3, 0.4) is 0 Å². The van der Waals surface area contributed by atoms with Gasteiger partial charge < -0.3 is 15.4 Å². The lowest BCUT2D eigenvalue weighted by Gasteiger charge is -2.14. The SMILES string of the molecule is CCC(C)NC(=O)CNc1cccc(OC(C)C)c1. The van der Waals surface area contributed by atoms with Crippen LogP contribution in [0.25, 0.3) is 0 Å². The van der Waals surface area contributed by atoms with Gasteiger partial charge in [-0.05, 0) is 39.3 Å². The maximum atomic E-state index is 11.6. The van der Waals surface area contributed by atoms with Crippen LogP contribution in [0.4, 0.5) is 5.69 Å². The summed E-state index contributed by atoms with van der Waals surface area (Å²) in [6.45, 7) is 8.29. The molecule has 0 heterocycles. The highest BCUT2D eigenvalue weighted by atomic mass is 16.5. The number of amides is 1. The second-order valence-corrected chi connectivity index (χ2v) is 4.92. The van der Waals surface area contributed by atoms with Crippen molar-refractivity contribution in [2.45, 2.75) is 46.3 Å². The molecule has 0 radical (unpaired) electrons. The number of anilines is 1. The van der Waals surface area contributed by atoms with E-state index in [-0.39, 0.29) is 24.6 Å². The Kier molecular flexibility index (Phi) is 6.19. The average molecular weight is 264 g/mol. The number of carbonyl (C=O) groups excluding carboxylic acids is 1. The molecule has 1 atom stereocenters. The summed E-state index contributed by atoms with van der Waals surface area (Å²) in [5.74, 6) is 0.812. The summed E-state index contributed by atoms with van der Waals surface area (Å²) in [7, 11) is 0. The van der Waals surface area contributed by atoms with Crippen LogP contribution in [0.5, 0.6) is 5.75 Å². The lowest BCUT2D eigenvalue weighted by Crippen LogP contribution is -2.36. The van der Waals surface area contributed by atoms with Crippen LogP contribution < -0.4 is 15.4 Å². The molecule has 0 saturated heterocycles. The molecule has 0 saturated carbocycles. The first-order valence-corrected chi connectivity index (χ1v) is 6.81. The molecule has 1 amide bonds. The third-order valence-corrected chi connectivity index (χ3v) is 2.68. The second-order valence-electron chi connectivity index (χ2n) is 4.92. The summed E-state index contributed by atoms with van der Waals surface area (Å²) in [6, 6.07) is 7.85. The van der Waals surface area contributed by atoms with E-state index in [2.05, 4.69) is 10.6 Å². The largest absolute Gasteiger partial charge is 0.491 e. The van der Waals surface area contributed by atoms with E-state index in [1.54, 1.807) is 0 Å². The van der Waals surface area contributed by atoms with Gasteiger partial charge in [-0.15, -0.1) is 0 Å². The first-order valence-electron chi connectivity index (χ1n) is 6.81. The third kappa shape index (κ3) is 6.13. The average Bonchev–Trinajstić information content (AvgIpc) is 2.36. The van der Waals surface area contributed by atoms with E-state index in [9.17, 15) is 4.79 Å². The maximum Gasteiger partial charge on any atom is 0.239 e. The van der Waals surface area contributed by atoms with Crippen molar-refractivity contribution in [1.29, 1.82) is 0 Å². The topological polar surface area (TPSA) is 50.4 Å². The van der Waals surface area contributed by atoms with Crippen LogP contribution in [-0.4, -0.2) is 24.6 Å². The number of carbonyl (C=O) groups is 1. The van der Waals surface area contributed by atoms with Gasteiger partial charge in [-0.3, -0.25) is 4.79 Å². The Hall–Kier alpha value is -1.71. The van der Waals surface area contributed by atoms with Crippen molar-refractivity contribution in [2.24, 2.45) is 0 Å². The van der Waals surface area contributed by atoms with Gasteiger partial charge in [0.15, 0.2) is 0 Å². The molecule has 1 rings (SSSR count). The number of hydrogen-bond donors (Lipinski definition) is 2. The van der Waals surface area contributed by atoms with Gasteiger partial charge in [0.25, 0.3) is 0 Å². The quantitative estimate of drug-likeness (QED) is 0.796. The minimum atomic E-state index is 0.00420. The molecular formula is C15H24N2O2. The molecule has 0 spiro atoms. The number of nitrogens with one attached hydrogen (secondary N) is 2. The molecular weight excluding hydrogens is 240 g/mol. The Balaban J connectivity index is 2.46. The van der Waals surface area contributed by atoms with Gasteiger partial charge in [0.2, 0.25) is 5.91 Å². The van der Waals surface area contributed by atoms with E-state index >= 15 is 0 Å². The minimum absolute atomic E-state index is 0.00420. The summed E-state index contributed by atoms with van der Waals surface area (Å²) < 4.78 is 5.60. The second kappa shape index (κ2) is 7.67. The lowest BCUT2D eigenvalue weighted by atomic mass is 10.2. The Labute approximate surface area is 115 Å². The van der Waals surface area contributed by atoms with Gasteiger partial charge in [0, 0.05) is 17.8 Å². The van der Waals surface area contributed by atoms with Gasteiger partial charge in [-0.2, -0.15) is 0 Å². The van der Waals surface area contributed by atoms with Gasteiger partial charge in [-0.1, -0.05) is 13.0 Å². The van der Waals surface area contributed by atoms with Gasteiger partial charge in [0.05, 0.1) is 12.6 Å². The molecule has 19 heavy (non-hydrogen) atoms. The van der Waals surface area contributed by atoms with Crippen molar-refractivity contribution >= 4 is 11.6 Å². The fraction of sp³-hybridized carbons (Fsp3) is 0.533. The van der Waals surface area contributed by atoms with E-state index in [4.69, 9.17) is 4.74 Å². The lowest BCUT2D eigenvalue weighted by molar-refractivity contribution is -0.120. The molecule has 0 aliphatic heterocycles. The van der Waals surface area contributed by atoms with Crippen LogP contribution in [0.15, 0.2) is 24.3 Å². The summed E-state index contributed by atoms with van der Waals surface area (Å²) in [4.78, 5) is 11.6. The predicted octanol–water partition coefficient (Wildman–Crippen LogP) is 2.80. The van der Waals surface area contributed by atoms with E-state index in [1.165, 1.54) is 0 Å². The van der Waals surface area contributed by atoms with Crippen LogP contribution in [-0.2, 0) is 4.79 Å². The minimum Gasteiger partial charge on any atom is -0.491 e. The predicted molar refractivity (Wildman–Crippen MR) is 78.6 cm³/mol. The summed E-state index contributed by atoms with van der Waals surface area (Å²) in [6.07, 6.45) is 1.08. The molecule has 0 fully saturated rings. The standard InChI is InChI=1S/C15H24N2O2/c1-5-12(4)17-15(18)10-16-13-7-6-8-14(9-13)19-11(2)3/h6-9,11-12,16H,5,10H2,1-4H3,(H,17,18). The molecule has 106 valence electrons. The molecule has 1 unspecified atom stereocenters. The fourth-order valence-electron chi connectivity index (χ4n) is 1.56. The van der Waals surface area contributed by atoms with E-state index in [1.807, 2.05) is 52.0 Å². The zero-order valence-electron chi connectivity index (χ0n) is 12.2. The first-order chi connectivity index (χ1) is 9.01. The highest BCUT2D eigenvalue weighted by Crippen LogP contribution is 2.18. The number of benzene rings is 1. The van der Waals surface area contributed by atoms with Crippen LogP contribution in [0.2, 0.25) is 0 Å². The van der Waals surface area contributed by atoms with Crippen molar-refractivity contribution in [3.63, 3.8) is 0 Å². The van der Waals surface area contributed by atoms with Crippen molar-refractivity contribution in [2.75, 3.05) is 11.9 Å². The van der Waals surface area contributed by atoms with Gasteiger partial charge in [0.1, 0.15) is 5.75 Å². The molecule has 1 aromatic rings. The Morgan fingerprint density at radius 3 is 2.68 bits per heavy atom. The smallest absolute Gasteiger partial charge is 0.239 e. The van der Waals surface area contributed by atoms with Crippen molar-refractivity contribution < 1.29 is 9.53 Å². The van der Waals surface area contributed by atoms with Crippen LogP contribution in [0.1, 0.15) is 34.1 Å². The Morgan fingerprint density at radius 2 is 2.05 bits per heavy atom. The molecule has 0 aromatic heterocycles. The molecule has 1 aromatic carbocycles. The number of rotatable bonds is 7. The summed E-state index contributed by atoms with van der Waals surface area (Å²) in [5.41, 5.74) is 0.887. The third-order valence-electron chi connectivity index (χ3n) is 2.68. The van der Waals surface area contributed by atoms with Crippen LogP contribution >= 0.6 is 0 Å². The van der Waals surface area contributed by atoms with Crippen molar-refractivity contribution in [3.8, 4) is 5.75 Å².